The summed E-state index contributed by atoms with van der Waals surface area (Å²) < 4.78 is 1.76. The SMILES string of the molecule is CC[Si](CC)(CC)c1cc2c(s1)CCN(Cc1ccccn1)C2.c1ccc(CN2CCc3sccc3C2)nc1. The van der Waals surface area contributed by atoms with Crippen LogP contribution in [0, 0.1) is 0 Å². The maximum Gasteiger partial charge on any atom is 0.0987 e. The van der Waals surface area contributed by atoms with E-state index in [9.17, 15) is 0 Å². The Hall–Kier alpha value is -2.16. The third kappa shape index (κ3) is 6.95. The average molecular weight is 575 g/mol. The maximum atomic E-state index is 4.48. The molecule has 4 aromatic heterocycles. The molecule has 0 amide bonds. The molecular weight excluding hydrogens is 533 g/mol. The molecular formula is C32H42N4S2Si. The lowest BCUT2D eigenvalue weighted by molar-refractivity contribution is 0.244. The fraction of sp³-hybridized carbons (Fsp3) is 0.438. The van der Waals surface area contributed by atoms with E-state index in [-0.39, 0.29) is 0 Å². The largest absolute Gasteiger partial charge is 0.293 e. The monoisotopic (exact) mass is 574 g/mol. The Morgan fingerprint density at radius 3 is 1.90 bits per heavy atom. The Kier molecular flexibility index (Phi) is 9.79. The molecule has 6 rings (SSSR count). The first-order chi connectivity index (χ1) is 19.1. The van der Waals surface area contributed by atoms with Gasteiger partial charge in [0.2, 0.25) is 0 Å². The molecule has 2 aliphatic heterocycles. The van der Waals surface area contributed by atoms with Crippen LogP contribution in [0.5, 0.6) is 0 Å². The molecule has 6 heterocycles. The van der Waals surface area contributed by atoms with Gasteiger partial charge in [-0.2, -0.15) is 0 Å². The number of pyridine rings is 2. The minimum atomic E-state index is -1.22. The summed E-state index contributed by atoms with van der Waals surface area (Å²) in [6.45, 7) is 13.7. The van der Waals surface area contributed by atoms with Crippen molar-refractivity contribution in [1.29, 1.82) is 0 Å². The van der Waals surface area contributed by atoms with Crippen molar-refractivity contribution < 1.29 is 0 Å². The standard InChI is InChI=1S/C19H28N2SSi.C13H14N2S/c1-4-23(5-2,6-3)19-13-16-14-21(12-10-18(16)22-19)15-17-9-7-8-11-20-17;1-2-6-14-12(3-1)10-15-7-4-13-11(9-15)5-8-16-13/h7-9,11,13H,4-6,10,12,14-15H2,1-3H3;1-3,5-6,8H,4,7,9-10H2. The molecule has 206 valence electrons. The molecule has 0 saturated heterocycles. The summed E-state index contributed by atoms with van der Waals surface area (Å²) in [7, 11) is -1.22. The van der Waals surface area contributed by atoms with Crippen molar-refractivity contribution in [2.75, 3.05) is 13.1 Å². The van der Waals surface area contributed by atoms with Gasteiger partial charge < -0.3 is 0 Å². The number of fused-ring (bicyclic) bond motifs is 2. The Balaban J connectivity index is 0.000000168. The van der Waals surface area contributed by atoms with Gasteiger partial charge in [-0.25, -0.2) is 0 Å². The first-order valence-electron chi connectivity index (χ1n) is 14.5. The first kappa shape index (κ1) is 28.4. The number of aromatic nitrogens is 2. The van der Waals surface area contributed by atoms with E-state index in [0.717, 1.165) is 32.7 Å². The number of nitrogens with zero attached hydrogens (tertiary/aromatic N) is 4. The maximum absolute atomic E-state index is 4.48. The molecule has 4 nitrogen and oxygen atoms in total. The summed E-state index contributed by atoms with van der Waals surface area (Å²) in [6.07, 6.45) is 6.18. The van der Waals surface area contributed by atoms with Gasteiger partial charge in [-0.05, 0) is 70.2 Å². The van der Waals surface area contributed by atoms with Crippen molar-refractivity contribution in [3.8, 4) is 0 Å². The molecule has 0 spiro atoms. The molecule has 0 saturated carbocycles. The van der Waals surface area contributed by atoms with Gasteiger partial charge in [0.1, 0.15) is 0 Å². The topological polar surface area (TPSA) is 32.3 Å². The second-order valence-corrected chi connectivity index (χ2v) is 18.6. The summed E-state index contributed by atoms with van der Waals surface area (Å²) in [5.41, 5.74) is 5.46. The van der Waals surface area contributed by atoms with Gasteiger partial charge in [-0.3, -0.25) is 19.8 Å². The fourth-order valence-corrected chi connectivity index (χ4v) is 13.3. The van der Waals surface area contributed by atoms with E-state index in [2.05, 4.69) is 93.7 Å². The van der Waals surface area contributed by atoms with Crippen LogP contribution in [0.4, 0.5) is 0 Å². The van der Waals surface area contributed by atoms with Gasteiger partial charge in [0.25, 0.3) is 0 Å². The number of hydrogen-bond acceptors (Lipinski definition) is 6. The lowest BCUT2D eigenvalue weighted by Gasteiger charge is -2.26. The Morgan fingerprint density at radius 1 is 0.744 bits per heavy atom. The molecule has 0 atom stereocenters. The molecule has 4 aromatic rings. The lowest BCUT2D eigenvalue weighted by atomic mass is 10.1. The van der Waals surface area contributed by atoms with E-state index >= 15 is 0 Å². The van der Waals surface area contributed by atoms with E-state index in [0.29, 0.717) is 0 Å². The van der Waals surface area contributed by atoms with Crippen LogP contribution in [0.1, 0.15) is 53.0 Å². The Bertz CT molecular complexity index is 1290. The zero-order chi connectivity index (χ0) is 27.1. The van der Waals surface area contributed by atoms with E-state index in [1.807, 2.05) is 35.9 Å². The summed E-state index contributed by atoms with van der Waals surface area (Å²) in [5, 5.41) is 2.20. The van der Waals surface area contributed by atoms with Crippen LogP contribution in [-0.2, 0) is 39.0 Å². The first-order valence-corrected chi connectivity index (χ1v) is 18.9. The van der Waals surface area contributed by atoms with Crippen LogP contribution in [0.25, 0.3) is 0 Å². The normalized spacial score (nSPS) is 15.8. The molecule has 7 heteroatoms. The van der Waals surface area contributed by atoms with Gasteiger partial charge in [0.05, 0.1) is 19.5 Å². The summed E-state index contributed by atoms with van der Waals surface area (Å²) in [6, 6.07) is 21.3. The van der Waals surface area contributed by atoms with Crippen molar-refractivity contribution >= 4 is 35.2 Å². The molecule has 2 aliphatic rings. The number of rotatable bonds is 8. The predicted octanol–water partition coefficient (Wildman–Crippen LogP) is 7.12. The summed E-state index contributed by atoms with van der Waals surface area (Å²) in [5.74, 6) is 0. The zero-order valence-corrected chi connectivity index (χ0v) is 26.4. The molecule has 0 bridgehead atoms. The van der Waals surface area contributed by atoms with Crippen LogP contribution in [0.2, 0.25) is 18.1 Å². The summed E-state index contributed by atoms with van der Waals surface area (Å²) in [4.78, 5) is 17.1. The lowest BCUT2D eigenvalue weighted by Crippen LogP contribution is -2.43. The highest BCUT2D eigenvalue weighted by Crippen LogP contribution is 2.30. The van der Waals surface area contributed by atoms with Crippen molar-refractivity contribution in [3.63, 3.8) is 0 Å². The van der Waals surface area contributed by atoms with Gasteiger partial charge in [-0.15, -0.1) is 22.7 Å². The second kappa shape index (κ2) is 13.5. The molecule has 0 N–H and O–H groups in total. The quantitative estimate of drug-likeness (QED) is 0.210. The molecule has 0 aliphatic carbocycles. The fourth-order valence-electron chi connectivity index (χ4n) is 5.94. The number of hydrogen-bond donors (Lipinski definition) is 0. The third-order valence-electron chi connectivity index (χ3n) is 8.61. The van der Waals surface area contributed by atoms with Crippen molar-refractivity contribution in [2.45, 2.75) is 77.9 Å². The predicted molar refractivity (Wildman–Crippen MR) is 170 cm³/mol. The van der Waals surface area contributed by atoms with Crippen LogP contribution < -0.4 is 4.50 Å². The highest BCUT2D eigenvalue weighted by molar-refractivity contribution is 7.27. The second-order valence-electron chi connectivity index (χ2n) is 10.8. The zero-order valence-electron chi connectivity index (χ0n) is 23.7. The Morgan fingerprint density at radius 2 is 1.33 bits per heavy atom. The smallest absolute Gasteiger partial charge is 0.0987 e. The van der Waals surface area contributed by atoms with Gasteiger partial charge >= 0.3 is 0 Å². The van der Waals surface area contributed by atoms with Crippen molar-refractivity contribution in [3.05, 3.63) is 98.6 Å². The average Bonchev–Trinajstić information content (AvgIpc) is 3.63. The molecule has 0 fully saturated rings. The Labute approximate surface area is 243 Å². The van der Waals surface area contributed by atoms with E-state index < -0.39 is 8.07 Å². The number of thiophene rings is 2. The van der Waals surface area contributed by atoms with Crippen LogP contribution in [0.3, 0.4) is 0 Å². The van der Waals surface area contributed by atoms with Crippen LogP contribution in [0.15, 0.2) is 66.3 Å². The third-order valence-corrected chi connectivity index (χ3v) is 17.5. The van der Waals surface area contributed by atoms with E-state index in [4.69, 9.17) is 0 Å². The molecule has 0 unspecified atom stereocenters. The van der Waals surface area contributed by atoms with Crippen LogP contribution >= 0.6 is 22.7 Å². The van der Waals surface area contributed by atoms with E-state index in [1.165, 1.54) is 54.5 Å². The molecule has 0 radical (unpaired) electrons. The van der Waals surface area contributed by atoms with Gasteiger partial charge in [0.15, 0.2) is 0 Å². The van der Waals surface area contributed by atoms with Crippen molar-refractivity contribution in [2.24, 2.45) is 0 Å². The van der Waals surface area contributed by atoms with Gasteiger partial charge in [-0.1, -0.05) is 51.0 Å². The highest BCUT2D eigenvalue weighted by atomic mass is 32.1. The molecule has 0 aromatic carbocycles. The minimum absolute atomic E-state index is 0.968. The summed E-state index contributed by atoms with van der Waals surface area (Å²) >= 11 is 4.04. The van der Waals surface area contributed by atoms with Crippen LogP contribution in [-0.4, -0.2) is 40.9 Å². The minimum Gasteiger partial charge on any atom is -0.293 e. The van der Waals surface area contributed by atoms with Gasteiger partial charge in [0, 0.05) is 61.4 Å². The van der Waals surface area contributed by atoms with Crippen molar-refractivity contribution in [1.82, 2.24) is 19.8 Å². The highest BCUT2D eigenvalue weighted by Gasteiger charge is 2.33. The molecule has 39 heavy (non-hydrogen) atoms. The van der Waals surface area contributed by atoms with E-state index in [1.54, 1.807) is 19.8 Å².